The van der Waals surface area contributed by atoms with Crippen molar-refractivity contribution in [1.82, 2.24) is 10.1 Å². The highest BCUT2D eigenvalue weighted by Crippen LogP contribution is 2.36. The number of benzene rings is 2. The number of hydrogen-bond acceptors (Lipinski definition) is 6. The SMILES string of the molecule is COc1ccc2c(c1)OCCN(C(=O)Cc1cc(=O)[nH]o1)C2C(=O)Nc1ccc(C(C)(C)C)c(F)c1. The van der Waals surface area contributed by atoms with Crippen LogP contribution in [0.1, 0.15) is 43.7 Å². The van der Waals surface area contributed by atoms with Crippen LogP contribution in [-0.4, -0.2) is 42.1 Å². The average molecular weight is 498 g/mol. The Morgan fingerprint density at radius 2 is 1.97 bits per heavy atom. The van der Waals surface area contributed by atoms with E-state index in [0.717, 1.165) is 0 Å². The number of carbonyl (C=O) groups is 2. The molecule has 0 bridgehead atoms. The van der Waals surface area contributed by atoms with Crippen LogP contribution in [0.5, 0.6) is 11.5 Å². The lowest BCUT2D eigenvalue weighted by Gasteiger charge is -2.29. The Kier molecular flexibility index (Phi) is 6.87. The van der Waals surface area contributed by atoms with Gasteiger partial charge in [0.1, 0.15) is 35.7 Å². The zero-order chi connectivity index (χ0) is 26.0. The lowest BCUT2D eigenvalue weighted by atomic mass is 9.86. The number of aromatic amines is 1. The smallest absolute Gasteiger partial charge is 0.280 e. The van der Waals surface area contributed by atoms with Gasteiger partial charge < -0.3 is 24.2 Å². The third kappa shape index (κ3) is 5.27. The summed E-state index contributed by atoms with van der Waals surface area (Å²) in [7, 11) is 1.51. The molecule has 2 heterocycles. The van der Waals surface area contributed by atoms with Gasteiger partial charge in [-0.05, 0) is 35.2 Å². The van der Waals surface area contributed by atoms with E-state index in [4.69, 9.17) is 14.0 Å². The van der Waals surface area contributed by atoms with E-state index in [1.54, 1.807) is 30.3 Å². The molecular formula is C26H28FN3O6. The first-order chi connectivity index (χ1) is 17.1. The first-order valence-corrected chi connectivity index (χ1v) is 11.5. The summed E-state index contributed by atoms with van der Waals surface area (Å²) in [6.07, 6.45) is -0.233. The van der Waals surface area contributed by atoms with E-state index >= 15 is 0 Å². The van der Waals surface area contributed by atoms with Crippen molar-refractivity contribution in [2.45, 2.75) is 38.6 Å². The molecule has 2 N–H and O–H groups in total. The number of hydrogen-bond donors (Lipinski definition) is 2. The van der Waals surface area contributed by atoms with Gasteiger partial charge in [0.05, 0.1) is 20.1 Å². The van der Waals surface area contributed by atoms with Crippen LogP contribution in [0.15, 0.2) is 51.8 Å². The average Bonchev–Trinajstić information content (AvgIpc) is 3.11. The number of rotatable bonds is 5. The van der Waals surface area contributed by atoms with E-state index in [1.807, 2.05) is 20.8 Å². The van der Waals surface area contributed by atoms with E-state index in [9.17, 15) is 18.8 Å². The minimum Gasteiger partial charge on any atom is -0.497 e. The lowest BCUT2D eigenvalue weighted by molar-refractivity contribution is -0.138. The molecule has 0 aliphatic carbocycles. The number of aromatic nitrogens is 1. The molecule has 0 fully saturated rings. The van der Waals surface area contributed by atoms with Gasteiger partial charge in [-0.25, -0.2) is 4.39 Å². The van der Waals surface area contributed by atoms with E-state index < -0.39 is 34.6 Å². The quantitative estimate of drug-likeness (QED) is 0.557. The van der Waals surface area contributed by atoms with Crippen molar-refractivity contribution < 1.29 is 28.0 Å². The minimum atomic E-state index is -1.09. The second-order valence-electron chi connectivity index (χ2n) is 9.53. The topological polar surface area (TPSA) is 114 Å². The molecule has 0 saturated heterocycles. The molecule has 190 valence electrons. The Bertz CT molecular complexity index is 1340. The number of carbonyl (C=O) groups excluding carboxylic acids is 2. The number of nitrogens with zero attached hydrogens (tertiary/aromatic N) is 1. The van der Waals surface area contributed by atoms with Crippen molar-refractivity contribution in [1.29, 1.82) is 0 Å². The number of fused-ring (bicyclic) bond motifs is 1. The number of nitrogens with one attached hydrogen (secondary N) is 2. The van der Waals surface area contributed by atoms with Gasteiger partial charge in [0.25, 0.3) is 11.5 Å². The van der Waals surface area contributed by atoms with Gasteiger partial charge in [0, 0.05) is 23.4 Å². The molecular weight excluding hydrogens is 469 g/mol. The molecule has 2 aromatic carbocycles. The van der Waals surface area contributed by atoms with Crippen LogP contribution in [0.2, 0.25) is 0 Å². The number of ether oxygens (including phenoxy) is 2. The van der Waals surface area contributed by atoms with Crippen LogP contribution in [0.25, 0.3) is 0 Å². The standard InChI is InChI=1S/C26H28FN3O6/c1-26(2,3)19-8-5-15(11-20(19)27)28-25(33)24-18-7-6-16(34-4)12-21(18)35-10-9-30(24)23(32)14-17-13-22(31)29-36-17/h5-8,11-13,24H,9-10,14H2,1-4H3,(H,28,33)(H,29,31). The van der Waals surface area contributed by atoms with Crippen molar-refractivity contribution in [2.75, 3.05) is 25.6 Å². The van der Waals surface area contributed by atoms with Gasteiger partial charge >= 0.3 is 0 Å². The van der Waals surface area contributed by atoms with Crippen molar-refractivity contribution in [3.8, 4) is 11.5 Å². The molecule has 0 radical (unpaired) electrons. The van der Waals surface area contributed by atoms with Crippen molar-refractivity contribution in [3.63, 3.8) is 0 Å². The first-order valence-electron chi connectivity index (χ1n) is 11.5. The Morgan fingerprint density at radius 1 is 1.19 bits per heavy atom. The molecule has 1 unspecified atom stereocenters. The third-order valence-corrected chi connectivity index (χ3v) is 5.93. The van der Waals surface area contributed by atoms with Crippen LogP contribution in [0.4, 0.5) is 10.1 Å². The molecule has 36 heavy (non-hydrogen) atoms. The number of amides is 2. The molecule has 3 aromatic rings. The van der Waals surface area contributed by atoms with E-state index in [1.165, 1.54) is 24.1 Å². The zero-order valence-electron chi connectivity index (χ0n) is 20.5. The van der Waals surface area contributed by atoms with Gasteiger partial charge in [-0.3, -0.25) is 14.4 Å². The highest BCUT2D eigenvalue weighted by atomic mass is 19.1. The summed E-state index contributed by atoms with van der Waals surface area (Å²) in [5.41, 5.74) is 0.353. The van der Waals surface area contributed by atoms with E-state index in [0.29, 0.717) is 22.6 Å². The third-order valence-electron chi connectivity index (χ3n) is 5.93. The number of anilines is 1. The van der Waals surface area contributed by atoms with Gasteiger partial charge in [0.15, 0.2) is 0 Å². The largest absolute Gasteiger partial charge is 0.497 e. The van der Waals surface area contributed by atoms with Gasteiger partial charge in [-0.15, -0.1) is 0 Å². The highest BCUT2D eigenvalue weighted by Gasteiger charge is 2.36. The molecule has 1 aromatic heterocycles. The summed E-state index contributed by atoms with van der Waals surface area (Å²) in [5.74, 6) is -0.360. The first kappa shape index (κ1) is 25.0. The van der Waals surface area contributed by atoms with E-state index in [2.05, 4.69) is 10.5 Å². The maximum absolute atomic E-state index is 14.8. The van der Waals surface area contributed by atoms with Crippen molar-refractivity contribution >= 4 is 17.5 Å². The molecule has 1 aliphatic rings. The fourth-order valence-electron chi connectivity index (χ4n) is 4.17. The highest BCUT2D eigenvalue weighted by molar-refractivity contribution is 5.98. The summed E-state index contributed by atoms with van der Waals surface area (Å²) in [4.78, 5) is 39.7. The Hall–Kier alpha value is -4.08. The van der Waals surface area contributed by atoms with Gasteiger partial charge in [-0.1, -0.05) is 26.8 Å². The molecule has 1 atom stereocenters. The number of halogens is 1. The van der Waals surface area contributed by atoms with Crippen LogP contribution < -0.4 is 20.3 Å². The van der Waals surface area contributed by atoms with Crippen LogP contribution in [0, 0.1) is 5.82 Å². The summed E-state index contributed by atoms with van der Waals surface area (Å²) in [5, 5.41) is 4.89. The maximum atomic E-state index is 14.8. The summed E-state index contributed by atoms with van der Waals surface area (Å²) in [6.45, 7) is 5.92. The van der Waals surface area contributed by atoms with Crippen LogP contribution in [0.3, 0.4) is 0 Å². The second-order valence-corrected chi connectivity index (χ2v) is 9.53. The number of H-pyrrole nitrogens is 1. The van der Waals surface area contributed by atoms with Gasteiger partial charge in [-0.2, -0.15) is 5.16 Å². The second kappa shape index (κ2) is 9.88. The molecule has 1 aliphatic heterocycles. The number of methoxy groups -OCH3 is 1. The van der Waals surface area contributed by atoms with Crippen LogP contribution in [-0.2, 0) is 21.4 Å². The van der Waals surface area contributed by atoms with Crippen LogP contribution >= 0.6 is 0 Å². The van der Waals surface area contributed by atoms with E-state index in [-0.39, 0.29) is 31.0 Å². The maximum Gasteiger partial charge on any atom is 0.280 e. The zero-order valence-corrected chi connectivity index (χ0v) is 20.5. The van der Waals surface area contributed by atoms with Crippen molar-refractivity contribution in [3.05, 3.63) is 75.5 Å². The van der Waals surface area contributed by atoms with Gasteiger partial charge in [0.2, 0.25) is 5.91 Å². The molecule has 0 saturated carbocycles. The molecule has 9 nitrogen and oxygen atoms in total. The summed E-state index contributed by atoms with van der Waals surface area (Å²) < 4.78 is 30.9. The Labute approximate surface area is 207 Å². The normalized spacial score (nSPS) is 15.5. The molecule has 10 heteroatoms. The fourth-order valence-corrected chi connectivity index (χ4v) is 4.17. The molecule has 0 spiro atoms. The lowest BCUT2D eigenvalue weighted by Crippen LogP contribution is -2.42. The minimum absolute atomic E-state index is 0.0971. The van der Waals surface area contributed by atoms with Crippen molar-refractivity contribution in [2.24, 2.45) is 0 Å². The summed E-state index contributed by atoms with van der Waals surface area (Å²) >= 11 is 0. The fraction of sp³-hybridized carbons (Fsp3) is 0.346. The summed E-state index contributed by atoms with van der Waals surface area (Å²) in [6, 6.07) is 9.59. The molecule has 2 amide bonds. The monoisotopic (exact) mass is 497 g/mol. The predicted octanol–water partition coefficient (Wildman–Crippen LogP) is 3.56. The molecule has 4 rings (SSSR count). The predicted molar refractivity (Wildman–Crippen MR) is 130 cm³/mol. The Balaban J connectivity index is 1.69. The Morgan fingerprint density at radius 3 is 2.61 bits per heavy atom.